The standard InChI is InChI=1S/C19H15F3N2O5/c1-10-14-8-13(27-2)9-15(24(25)26)16(14)23-18(28-3)17(10)29-12-6-4-5-11(7-12)19(20,21)22/h4-9H,1-3H3. The second kappa shape index (κ2) is 7.46. The lowest BCUT2D eigenvalue weighted by Crippen LogP contribution is -2.05. The van der Waals surface area contributed by atoms with Gasteiger partial charge in [-0.25, -0.2) is 4.98 Å². The lowest BCUT2D eigenvalue weighted by Gasteiger charge is -2.16. The summed E-state index contributed by atoms with van der Waals surface area (Å²) in [7, 11) is 2.64. The Balaban J connectivity index is 2.20. The molecule has 10 heteroatoms. The topological polar surface area (TPSA) is 83.7 Å². The minimum Gasteiger partial charge on any atom is -0.496 e. The zero-order valence-corrected chi connectivity index (χ0v) is 15.5. The Labute approximate surface area is 162 Å². The quantitative estimate of drug-likeness (QED) is 0.422. The highest BCUT2D eigenvalue weighted by molar-refractivity contribution is 5.93. The van der Waals surface area contributed by atoms with Gasteiger partial charge in [0.1, 0.15) is 11.5 Å². The van der Waals surface area contributed by atoms with Gasteiger partial charge in [-0.3, -0.25) is 10.1 Å². The van der Waals surface area contributed by atoms with E-state index in [1.807, 2.05) is 0 Å². The number of methoxy groups -OCH3 is 2. The molecule has 0 N–H and O–H groups in total. The van der Waals surface area contributed by atoms with E-state index in [1.54, 1.807) is 6.92 Å². The second-order valence-electron chi connectivity index (χ2n) is 6.00. The maximum absolute atomic E-state index is 13.0. The van der Waals surface area contributed by atoms with Gasteiger partial charge in [0.05, 0.1) is 30.8 Å². The third-order valence-electron chi connectivity index (χ3n) is 4.22. The first-order valence-corrected chi connectivity index (χ1v) is 8.21. The molecule has 3 aromatic rings. The zero-order valence-electron chi connectivity index (χ0n) is 15.5. The summed E-state index contributed by atoms with van der Waals surface area (Å²) in [5.41, 5.74) is -0.739. The van der Waals surface area contributed by atoms with Gasteiger partial charge in [-0.1, -0.05) is 6.07 Å². The summed E-state index contributed by atoms with van der Waals surface area (Å²) in [6.45, 7) is 1.60. The average Bonchev–Trinajstić information content (AvgIpc) is 2.68. The smallest absolute Gasteiger partial charge is 0.416 e. The predicted octanol–water partition coefficient (Wildman–Crippen LogP) is 5.28. The largest absolute Gasteiger partial charge is 0.496 e. The number of hydrogen-bond acceptors (Lipinski definition) is 6. The van der Waals surface area contributed by atoms with Crippen molar-refractivity contribution in [2.75, 3.05) is 14.2 Å². The lowest BCUT2D eigenvalue weighted by molar-refractivity contribution is -0.383. The van der Waals surface area contributed by atoms with E-state index >= 15 is 0 Å². The number of benzene rings is 2. The Bertz CT molecular complexity index is 1100. The molecular formula is C19H15F3N2O5. The fourth-order valence-electron chi connectivity index (χ4n) is 2.80. The molecule has 0 unspecified atom stereocenters. The molecule has 0 fully saturated rings. The van der Waals surface area contributed by atoms with E-state index in [0.29, 0.717) is 10.9 Å². The number of aromatic nitrogens is 1. The number of alkyl halides is 3. The van der Waals surface area contributed by atoms with Crippen LogP contribution in [0.25, 0.3) is 10.9 Å². The van der Waals surface area contributed by atoms with Crippen LogP contribution in [0.15, 0.2) is 36.4 Å². The fraction of sp³-hybridized carbons (Fsp3) is 0.211. The number of aryl methyl sites for hydroxylation is 1. The van der Waals surface area contributed by atoms with Crippen molar-refractivity contribution in [1.82, 2.24) is 4.98 Å². The van der Waals surface area contributed by atoms with E-state index in [0.717, 1.165) is 12.1 Å². The van der Waals surface area contributed by atoms with Crippen LogP contribution in [0.2, 0.25) is 0 Å². The van der Waals surface area contributed by atoms with E-state index in [2.05, 4.69) is 4.98 Å². The fourth-order valence-corrected chi connectivity index (χ4v) is 2.80. The number of halogens is 3. The Hall–Kier alpha value is -3.56. The molecule has 29 heavy (non-hydrogen) atoms. The number of hydrogen-bond donors (Lipinski definition) is 0. The van der Waals surface area contributed by atoms with Crippen LogP contribution in [0.3, 0.4) is 0 Å². The van der Waals surface area contributed by atoms with Crippen LogP contribution in [-0.4, -0.2) is 24.1 Å². The summed E-state index contributed by atoms with van der Waals surface area (Å²) in [6.07, 6.45) is -4.53. The second-order valence-corrected chi connectivity index (χ2v) is 6.00. The highest BCUT2D eigenvalue weighted by atomic mass is 19.4. The molecule has 0 saturated carbocycles. The SMILES string of the molecule is COc1cc([N+](=O)[O-])c2nc(OC)c(Oc3cccc(C(F)(F)F)c3)c(C)c2c1. The summed E-state index contributed by atoms with van der Waals surface area (Å²) in [6, 6.07) is 7.08. The highest BCUT2D eigenvalue weighted by Gasteiger charge is 2.31. The Morgan fingerprint density at radius 1 is 1.07 bits per heavy atom. The van der Waals surface area contributed by atoms with Crippen LogP contribution in [0, 0.1) is 17.0 Å². The number of rotatable bonds is 5. The molecule has 3 rings (SSSR count). The number of ether oxygens (including phenoxy) is 3. The number of fused-ring (bicyclic) bond motifs is 1. The van der Waals surface area contributed by atoms with Gasteiger partial charge in [-0.15, -0.1) is 0 Å². The third kappa shape index (κ3) is 3.86. The molecule has 0 bridgehead atoms. The number of non-ortho nitro benzene ring substituents is 1. The number of nitrogens with zero attached hydrogens (tertiary/aromatic N) is 2. The maximum Gasteiger partial charge on any atom is 0.416 e. The molecule has 7 nitrogen and oxygen atoms in total. The highest BCUT2D eigenvalue weighted by Crippen LogP contribution is 2.42. The first-order chi connectivity index (χ1) is 13.7. The molecule has 152 valence electrons. The van der Waals surface area contributed by atoms with Gasteiger partial charge < -0.3 is 14.2 Å². The van der Waals surface area contributed by atoms with Crippen LogP contribution >= 0.6 is 0 Å². The Morgan fingerprint density at radius 2 is 1.79 bits per heavy atom. The molecule has 0 spiro atoms. The molecule has 0 amide bonds. The summed E-state index contributed by atoms with van der Waals surface area (Å²) in [4.78, 5) is 15.0. The van der Waals surface area contributed by atoms with Crippen molar-refractivity contribution in [3.05, 3.63) is 57.6 Å². The van der Waals surface area contributed by atoms with Gasteiger partial charge in [0.25, 0.3) is 11.6 Å². The van der Waals surface area contributed by atoms with Crippen LogP contribution in [0.1, 0.15) is 11.1 Å². The summed E-state index contributed by atoms with van der Waals surface area (Å²) >= 11 is 0. The van der Waals surface area contributed by atoms with Crippen molar-refractivity contribution in [2.45, 2.75) is 13.1 Å². The Kier molecular flexibility index (Phi) is 5.19. The van der Waals surface area contributed by atoms with Crippen molar-refractivity contribution in [2.24, 2.45) is 0 Å². The Morgan fingerprint density at radius 3 is 2.38 bits per heavy atom. The maximum atomic E-state index is 13.0. The van der Waals surface area contributed by atoms with Gasteiger partial charge in [0.15, 0.2) is 11.3 Å². The zero-order chi connectivity index (χ0) is 21.3. The molecule has 0 radical (unpaired) electrons. The van der Waals surface area contributed by atoms with E-state index in [1.165, 1.54) is 38.5 Å². The number of pyridine rings is 1. The van der Waals surface area contributed by atoms with E-state index in [-0.39, 0.29) is 34.3 Å². The molecule has 2 aromatic carbocycles. The third-order valence-corrected chi connectivity index (χ3v) is 4.22. The molecule has 0 aliphatic heterocycles. The van der Waals surface area contributed by atoms with E-state index < -0.39 is 16.7 Å². The van der Waals surface area contributed by atoms with Crippen molar-refractivity contribution < 1.29 is 32.3 Å². The molecule has 1 heterocycles. The number of nitro benzene ring substituents is 1. The van der Waals surface area contributed by atoms with Gasteiger partial charge in [0, 0.05) is 10.9 Å². The van der Waals surface area contributed by atoms with Gasteiger partial charge in [-0.05, 0) is 31.2 Å². The minimum absolute atomic E-state index is 0.0431. The van der Waals surface area contributed by atoms with Crippen molar-refractivity contribution >= 4 is 16.6 Å². The van der Waals surface area contributed by atoms with E-state index in [9.17, 15) is 23.3 Å². The van der Waals surface area contributed by atoms with Crippen molar-refractivity contribution in [1.29, 1.82) is 0 Å². The number of nitro groups is 1. The van der Waals surface area contributed by atoms with Crippen LogP contribution in [0.4, 0.5) is 18.9 Å². The van der Waals surface area contributed by atoms with Crippen molar-refractivity contribution in [3.8, 4) is 23.1 Å². The molecule has 1 aromatic heterocycles. The first-order valence-electron chi connectivity index (χ1n) is 8.21. The van der Waals surface area contributed by atoms with Gasteiger partial charge in [0.2, 0.25) is 0 Å². The summed E-state index contributed by atoms with van der Waals surface area (Å²) in [5.74, 6) is 0.0895. The molecule has 0 atom stereocenters. The first kappa shape index (κ1) is 20.2. The molecule has 0 saturated heterocycles. The van der Waals surface area contributed by atoms with Crippen LogP contribution in [-0.2, 0) is 6.18 Å². The summed E-state index contributed by atoms with van der Waals surface area (Å²) < 4.78 is 54.9. The molecule has 0 aliphatic rings. The predicted molar refractivity (Wildman–Crippen MR) is 97.8 cm³/mol. The summed E-state index contributed by atoms with van der Waals surface area (Å²) in [5, 5.41) is 11.8. The van der Waals surface area contributed by atoms with Gasteiger partial charge >= 0.3 is 6.18 Å². The normalized spacial score (nSPS) is 11.4. The van der Waals surface area contributed by atoms with Crippen LogP contribution < -0.4 is 14.2 Å². The van der Waals surface area contributed by atoms with Crippen molar-refractivity contribution in [3.63, 3.8) is 0 Å². The van der Waals surface area contributed by atoms with Crippen LogP contribution in [0.5, 0.6) is 23.1 Å². The van der Waals surface area contributed by atoms with E-state index in [4.69, 9.17) is 14.2 Å². The lowest BCUT2D eigenvalue weighted by atomic mass is 10.1. The molecular weight excluding hydrogens is 393 g/mol. The monoisotopic (exact) mass is 408 g/mol. The van der Waals surface area contributed by atoms with Gasteiger partial charge in [-0.2, -0.15) is 13.2 Å². The molecule has 0 aliphatic carbocycles. The minimum atomic E-state index is -4.53. The average molecular weight is 408 g/mol.